The van der Waals surface area contributed by atoms with Crippen molar-refractivity contribution >= 4 is 11.8 Å². The topological polar surface area (TPSA) is 67.2 Å². The first kappa shape index (κ1) is 16.2. The molecule has 24 heavy (non-hydrogen) atoms. The molecule has 2 aromatic rings. The van der Waals surface area contributed by atoms with Crippen molar-refractivity contribution in [2.45, 2.75) is 25.8 Å². The van der Waals surface area contributed by atoms with Crippen molar-refractivity contribution in [3.8, 4) is 11.3 Å². The molecule has 1 fully saturated rings. The highest BCUT2D eigenvalue weighted by Gasteiger charge is 2.29. The SMILES string of the molecule is CCCN1CC(NC(=O)c2ccc(-c3cncn3C)cc2)CC1=O. The molecule has 0 spiro atoms. The molecule has 0 saturated carbocycles. The summed E-state index contributed by atoms with van der Waals surface area (Å²) in [5.74, 6) is -0.0172. The van der Waals surface area contributed by atoms with E-state index in [4.69, 9.17) is 0 Å². The third-order valence-electron chi connectivity index (χ3n) is 4.30. The summed E-state index contributed by atoms with van der Waals surface area (Å²) in [4.78, 5) is 30.2. The van der Waals surface area contributed by atoms with E-state index in [1.54, 1.807) is 24.7 Å². The van der Waals surface area contributed by atoms with E-state index in [-0.39, 0.29) is 17.9 Å². The number of imidazole rings is 1. The fourth-order valence-corrected chi connectivity index (χ4v) is 3.05. The van der Waals surface area contributed by atoms with Gasteiger partial charge in [0.05, 0.1) is 24.3 Å². The van der Waals surface area contributed by atoms with E-state index in [1.807, 2.05) is 35.6 Å². The maximum atomic E-state index is 12.4. The minimum absolute atomic E-state index is 0.103. The van der Waals surface area contributed by atoms with E-state index in [1.165, 1.54) is 0 Å². The van der Waals surface area contributed by atoms with Gasteiger partial charge in [0, 0.05) is 32.1 Å². The molecular formula is C18H22N4O2. The molecule has 1 saturated heterocycles. The summed E-state index contributed by atoms with van der Waals surface area (Å²) >= 11 is 0. The third-order valence-corrected chi connectivity index (χ3v) is 4.30. The van der Waals surface area contributed by atoms with Crippen LogP contribution < -0.4 is 5.32 Å². The van der Waals surface area contributed by atoms with Gasteiger partial charge in [0.25, 0.3) is 5.91 Å². The lowest BCUT2D eigenvalue weighted by molar-refractivity contribution is -0.127. The highest BCUT2D eigenvalue weighted by Crippen LogP contribution is 2.19. The van der Waals surface area contributed by atoms with Gasteiger partial charge < -0.3 is 14.8 Å². The fraction of sp³-hybridized carbons (Fsp3) is 0.389. The Labute approximate surface area is 141 Å². The lowest BCUT2D eigenvalue weighted by Gasteiger charge is -2.16. The Kier molecular flexibility index (Phi) is 4.64. The minimum Gasteiger partial charge on any atom is -0.347 e. The van der Waals surface area contributed by atoms with Gasteiger partial charge in [-0.25, -0.2) is 4.98 Å². The van der Waals surface area contributed by atoms with Crippen molar-refractivity contribution in [1.29, 1.82) is 0 Å². The molecule has 0 aliphatic carbocycles. The standard InChI is InChI=1S/C18H22N4O2/c1-3-8-22-11-15(9-17(22)23)20-18(24)14-6-4-13(5-7-14)16-10-19-12-21(16)2/h4-7,10,12,15H,3,8-9,11H2,1-2H3,(H,20,24). The monoisotopic (exact) mass is 326 g/mol. The molecule has 1 aromatic heterocycles. The molecular weight excluding hydrogens is 304 g/mol. The van der Waals surface area contributed by atoms with Crippen LogP contribution in [0.1, 0.15) is 30.1 Å². The lowest BCUT2D eigenvalue weighted by Crippen LogP contribution is -2.37. The number of hydrogen-bond acceptors (Lipinski definition) is 3. The van der Waals surface area contributed by atoms with Crippen molar-refractivity contribution < 1.29 is 9.59 Å². The van der Waals surface area contributed by atoms with Crippen molar-refractivity contribution in [2.75, 3.05) is 13.1 Å². The first-order valence-corrected chi connectivity index (χ1v) is 8.24. The van der Waals surface area contributed by atoms with Gasteiger partial charge in [-0.2, -0.15) is 0 Å². The highest BCUT2D eigenvalue weighted by atomic mass is 16.2. The van der Waals surface area contributed by atoms with Crippen LogP contribution in [0.5, 0.6) is 0 Å². The number of carbonyl (C=O) groups is 2. The summed E-state index contributed by atoms with van der Waals surface area (Å²) in [6, 6.07) is 7.33. The number of rotatable bonds is 5. The van der Waals surface area contributed by atoms with Crippen LogP contribution in [-0.2, 0) is 11.8 Å². The molecule has 1 atom stereocenters. The lowest BCUT2D eigenvalue weighted by atomic mass is 10.1. The van der Waals surface area contributed by atoms with Crippen molar-refractivity contribution in [3.05, 3.63) is 42.4 Å². The summed E-state index contributed by atoms with van der Waals surface area (Å²) in [6.45, 7) is 3.40. The van der Waals surface area contributed by atoms with Gasteiger partial charge in [0.1, 0.15) is 0 Å². The van der Waals surface area contributed by atoms with Crippen LogP contribution in [-0.4, -0.2) is 45.4 Å². The fourth-order valence-electron chi connectivity index (χ4n) is 3.05. The zero-order chi connectivity index (χ0) is 17.1. The second-order valence-corrected chi connectivity index (χ2v) is 6.18. The Bertz CT molecular complexity index is 736. The molecule has 6 nitrogen and oxygen atoms in total. The van der Waals surface area contributed by atoms with Gasteiger partial charge in [-0.3, -0.25) is 9.59 Å². The van der Waals surface area contributed by atoms with E-state index >= 15 is 0 Å². The van der Waals surface area contributed by atoms with Crippen LogP contribution >= 0.6 is 0 Å². The molecule has 126 valence electrons. The number of carbonyl (C=O) groups excluding carboxylic acids is 2. The molecule has 1 aliphatic rings. The molecule has 1 unspecified atom stereocenters. The molecule has 2 heterocycles. The van der Waals surface area contributed by atoms with Crippen molar-refractivity contribution in [1.82, 2.24) is 19.8 Å². The molecule has 1 aliphatic heterocycles. The van der Waals surface area contributed by atoms with Gasteiger partial charge in [0.15, 0.2) is 0 Å². The Balaban J connectivity index is 1.64. The van der Waals surface area contributed by atoms with Gasteiger partial charge >= 0.3 is 0 Å². The zero-order valence-electron chi connectivity index (χ0n) is 14.0. The largest absolute Gasteiger partial charge is 0.347 e. The summed E-state index contributed by atoms with van der Waals surface area (Å²) in [6.07, 6.45) is 4.86. The highest BCUT2D eigenvalue weighted by molar-refractivity contribution is 5.95. The first-order valence-electron chi connectivity index (χ1n) is 8.24. The van der Waals surface area contributed by atoms with E-state index in [2.05, 4.69) is 10.3 Å². The second-order valence-electron chi connectivity index (χ2n) is 6.18. The predicted octanol–water partition coefficient (Wildman–Crippen LogP) is 1.83. The molecule has 1 N–H and O–H groups in total. The van der Waals surface area contributed by atoms with E-state index < -0.39 is 0 Å². The predicted molar refractivity (Wildman–Crippen MR) is 91.4 cm³/mol. The number of likely N-dealkylation sites (tertiary alicyclic amines) is 1. The van der Waals surface area contributed by atoms with Crippen LogP contribution in [0.15, 0.2) is 36.8 Å². The van der Waals surface area contributed by atoms with E-state index in [0.29, 0.717) is 18.5 Å². The molecule has 2 amide bonds. The number of nitrogens with one attached hydrogen (secondary N) is 1. The normalized spacial score (nSPS) is 17.3. The Hall–Kier alpha value is -2.63. The minimum atomic E-state index is -0.136. The number of nitrogens with zero attached hydrogens (tertiary/aromatic N) is 3. The number of hydrogen-bond donors (Lipinski definition) is 1. The number of aryl methyl sites for hydroxylation is 1. The van der Waals surface area contributed by atoms with Gasteiger partial charge in [-0.1, -0.05) is 19.1 Å². The number of aromatic nitrogens is 2. The van der Waals surface area contributed by atoms with E-state index in [9.17, 15) is 9.59 Å². The maximum absolute atomic E-state index is 12.4. The van der Waals surface area contributed by atoms with Crippen LogP contribution in [0.25, 0.3) is 11.3 Å². The molecule has 1 aromatic carbocycles. The van der Waals surface area contributed by atoms with Gasteiger partial charge in [-0.05, 0) is 24.1 Å². The van der Waals surface area contributed by atoms with E-state index in [0.717, 1.165) is 24.2 Å². The van der Waals surface area contributed by atoms with Gasteiger partial charge in [0.2, 0.25) is 5.91 Å². The Morgan fingerprint density at radius 2 is 2.08 bits per heavy atom. The molecule has 6 heteroatoms. The van der Waals surface area contributed by atoms with Crippen molar-refractivity contribution in [3.63, 3.8) is 0 Å². The number of amides is 2. The average molecular weight is 326 g/mol. The summed E-state index contributed by atoms with van der Waals surface area (Å²) in [5.41, 5.74) is 2.61. The van der Waals surface area contributed by atoms with Crippen LogP contribution in [0.4, 0.5) is 0 Å². The zero-order valence-corrected chi connectivity index (χ0v) is 14.0. The smallest absolute Gasteiger partial charge is 0.251 e. The summed E-state index contributed by atoms with van der Waals surface area (Å²) in [7, 11) is 1.93. The Morgan fingerprint density at radius 3 is 2.71 bits per heavy atom. The number of benzene rings is 1. The van der Waals surface area contributed by atoms with Gasteiger partial charge in [-0.15, -0.1) is 0 Å². The average Bonchev–Trinajstić information content (AvgIpc) is 3.14. The quantitative estimate of drug-likeness (QED) is 0.911. The third kappa shape index (κ3) is 3.32. The summed E-state index contributed by atoms with van der Waals surface area (Å²) in [5, 5.41) is 2.96. The van der Waals surface area contributed by atoms with Crippen LogP contribution in [0.2, 0.25) is 0 Å². The molecule has 0 bridgehead atoms. The van der Waals surface area contributed by atoms with Crippen molar-refractivity contribution in [2.24, 2.45) is 7.05 Å². The molecule has 3 rings (SSSR count). The second kappa shape index (κ2) is 6.86. The Morgan fingerprint density at radius 1 is 1.33 bits per heavy atom. The maximum Gasteiger partial charge on any atom is 0.251 e. The summed E-state index contributed by atoms with van der Waals surface area (Å²) < 4.78 is 1.93. The first-order chi connectivity index (χ1) is 11.6. The molecule has 0 radical (unpaired) electrons. The van der Waals surface area contributed by atoms with Crippen LogP contribution in [0.3, 0.4) is 0 Å². The van der Waals surface area contributed by atoms with Crippen LogP contribution in [0, 0.1) is 0 Å².